The third kappa shape index (κ3) is 9.22. The number of hydrogen-bond acceptors (Lipinski definition) is 4. The molecule has 0 saturated heterocycles. The number of carbonyl (C=O) groups is 2. The Morgan fingerprint density at radius 3 is 2.32 bits per heavy atom. The first-order valence-corrected chi connectivity index (χ1v) is 14.7. The lowest BCUT2D eigenvalue weighted by Crippen LogP contribution is -2.14. The summed E-state index contributed by atoms with van der Waals surface area (Å²) in [4.78, 5) is 26.5. The SMILES string of the molecule is CCOc1ccc2c(c1)c(CC(=O)OCC=C(C)CCC=C(C)CCC=C(C)C)c(C)n2C(=O)c1cccc(Cl)c1. The van der Waals surface area contributed by atoms with Crippen molar-refractivity contribution in [3.63, 3.8) is 0 Å². The molecule has 5 nitrogen and oxygen atoms in total. The number of nitrogens with zero attached hydrogens (tertiary/aromatic N) is 1. The van der Waals surface area contributed by atoms with E-state index in [2.05, 4.69) is 39.8 Å². The van der Waals surface area contributed by atoms with E-state index in [9.17, 15) is 9.59 Å². The van der Waals surface area contributed by atoms with E-state index in [-0.39, 0.29) is 24.9 Å². The number of benzene rings is 2. The lowest BCUT2D eigenvalue weighted by Gasteiger charge is -2.08. The fourth-order valence-electron chi connectivity index (χ4n) is 4.77. The van der Waals surface area contributed by atoms with Crippen molar-refractivity contribution < 1.29 is 19.1 Å². The zero-order chi connectivity index (χ0) is 29.9. The number of rotatable bonds is 13. The summed E-state index contributed by atoms with van der Waals surface area (Å²) < 4.78 is 12.9. The van der Waals surface area contributed by atoms with Crippen molar-refractivity contribution in [1.29, 1.82) is 0 Å². The van der Waals surface area contributed by atoms with Crippen molar-refractivity contribution in [3.8, 4) is 5.75 Å². The van der Waals surface area contributed by atoms with E-state index in [0.717, 1.165) is 36.6 Å². The minimum Gasteiger partial charge on any atom is -0.494 e. The van der Waals surface area contributed by atoms with Gasteiger partial charge in [0, 0.05) is 21.7 Å². The summed E-state index contributed by atoms with van der Waals surface area (Å²) in [5, 5.41) is 1.28. The predicted molar refractivity (Wildman–Crippen MR) is 169 cm³/mol. The van der Waals surface area contributed by atoms with E-state index < -0.39 is 0 Å². The summed E-state index contributed by atoms with van der Waals surface area (Å²) >= 11 is 6.16. The third-order valence-electron chi connectivity index (χ3n) is 7.01. The van der Waals surface area contributed by atoms with Crippen LogP contribution in [0.2, 0.25) is 5.02 Å². The van der Waals surface area contributed by atoms with Gasteiger partial charge in [-0.1, -0.05) is 46.5 Å². The van der Waals surface area contributed by atoms with Crippen molar-refractivity contribution in [2.24, 2.45) is 0 Å². The Bertz CT molecular complexity index is 1470. The maximum Gasteiger partial charge on any atom is 0.310 e. The number of fused-ring (bicyclic) bond motifs is 1. The van der Waals surface area contributed by atoms with Crippen molar-refractivity contribution >= 4 is 34.4 Å². The van der Waals surface area contributed by atoms with Gasteiger partial charge >= 0.3 is 5.97 Å². The van der Waals surface area contributed by atoms with Crippen LogP contribution in [0.1, 0.15) is 81.9 Å². The maximum absolute atomic E-state index is 13.5. The van der Waals surface area contributed by atoms with E-state index in [1.807, 2.05) is 38.1 Å². The highest BCUT2D eigenvalue weighted by Gasteiger charge is 2.22. The van der Waals surface area contributed by atoms with Crippen LogP contribution >= 0.6 is 11.6 Å². The Labute approximate surface area is 249 Å². The molecule has 0 aliphatic carbocycles. The van der Waals surface area contributed by atoms with Crippen molar-refractivity contribution in [2.75, 3.05) is 13.2 Å². The molecule has 0 atom stereocenters. The first-order valence-electron chi connectivity index (χ1n) is 14.3. The molecular formula is C35H42ClNO4. The third-order valence-corrected chi connectivity index (χ3v) is 7.25. The lowest BCUT2D eigenvalue weighted by molar-refractivity contribution is -0.141. The van der Waals surface area contributed by atoms with Crippen LogP contribution in [0.3, 0.4) is 0 Å². The average Bonchev–Trinajstić information content (AvgIpc) is 3.18. The molecular weight excluding hydrogens is 534 g/mol. The van der Waals surface area contributed by atoms with Crippen LogP contribution in [0, 0.1) is 6.92 Å². The maximum atomic E-state index is 13.5. The Morgan fingerprint density at radius 2 is 1.63 bits per heavy atom. The average molecular weight is 576 g/mol. The molecule has 0 fully saturated rings. The van der Waals surface area contributed by atoms with Gasteiger partial charge < -0.3 is 9.47 Å². The number of carbonyl (C=O) groups excluding carboxylic acids is 2. The van der Waals surface area contributed by atoms with E-state index in [1.54, 1.807) is 28.8 Å². The summed E-state index contributed by atoms with van der Waals surface area (Å²) in [6.07, 6.45) is 10.6. The second-order valence-corrected chi connectivity index (χ2v) is 11.1. The second kappa shape index (κ2) is 15.4. The van der Waals surface area contributed by atoms with E-state index in [4.69, 9.17) is 21.1 Å². The molecule has 0 aliphatic rings. The van der Waals surface area contributed by atoms with Crippen LogP contribution in [-0.2, 0) is 16.0 Å². The number of ether oxygens (including phenoxy) is 2. The van der Waals surface area contributed by atoms with E-state index in [0.29, 0.717) is 34.2 Å². The molecule has 0 aliphatic heterocycles. The molecule has 2 aromatic carbocycles. The molecule has 1 aromatic heterocycles. The van der Waals surface area contributed by atoms with Crippen LogP contribution in [-0.4, -0.2) is 29.7 Å². The van der Waals surface area contributed by atoms with Gasteiger partial charge in [-0.15, -0.1) is 0 Å². The first kappa shape index (κ1) is 32.0. The molecule has 0 radical (unpaired) electrons. The number of allylic oxidation sites excluding steroid dienone is 5. The Morgan fingerprint density at radius 1 is 0.927 bits per heavy atom. The Hall–Kier alpha value is -3.57. The predicted octanol–water partition coefficient (Wildman–Crippen LogP) is 9.20. The molecule has 3 aromatic rings. The quantitative estimate of drug-likeness (QED) is 0.150. The molecule has 3 rings (SSSR count). The zero-order valence-corrected chi connectivity index (χ0v) is 25.9. The topological polar surface area (TPSA) is 57.5 Å². The van der Waals surface area contributed by atoms with Crippen LogP contribution in [0.4, 0.5) is 0 Å². The van der Waals surface area contributed by atoms with Gasteiger partial charge in [0.1, 0.15) is 12.4 Å². The lowest BCUT2D eigenvalue weighted by atomic mass is 10.1. The number of hydrogen-bond donors (Lipinski definition) is 0. The Balaban J connectivity index is 1.71. The standard InChI is InChI=1S/C35H42ClNO4/c1-7-40-30-17-18-33-32(22-30)31(27(6)37(33)35(39)28-15-10-16-29(36)21-28)23-34(38)41-20-19-26(5)14-9-13-25(4)12-8-11-24(2)3/h10-11,13,15-19,21-22H,7-9,12,14,20,23H2,1-6H3. The summed E-state index contributed by atoms with van der Waals surface area (Å²) in [5.74, 6) is 0.128. The van der Waals surface area contributed by atoms with Crippen LogP contribution < -0.4 is 4.74 Å². The molecule has 0 amide bonds. The molecule has 0 N–H and O–H groups in total. The van der Waals surface area contributed by atoms with Crippen LogP contribution in [0.25, 0.3) is 10.9 Å². The summed E-state index contributed by atoms with van der Waals surface area (Å²) in [5.41, 5.74) is 6.56. The van der Waals surface area contributed by atoms with Crippen LogP contribution in [0.5, 0.6) is 5.75 Å². The molecule has 0 unspecified atom stereocenters. The minimum atomic E-state index is -0.344. The summed E-state index contributed by atoms with van der Waals surface area (Å²) in [6.45, 7) is 13.0. The van der Waals surface area contributed by atoms with Gasteiger partial charge in [0.15, 0.2) is 0 Å². The first-order chi connectivity index (χ1) is 19.6. The summed E-state index contributed by atoms with van der Waals surface area (Å²) in [7, 11) is 0. The molecule has 6 heteroatoms. The van der Waals surface area contributed by atoms with Crippen molar-refractivity contribution in [2.45, 2.75) is 73.6 Å². The minimum absolute atomic E-state index is 0.0498. The zero-order valence-electron chi connectivity index (χ0n) is 25.2. The monoisotopic (exact) mass is 575 g/mol. The van der Waals surface area contributed by atoms with Gasteiger partial charge in [0.2, 0.25) is 0 Å². The highest BCUT2D eigenvalue weighted by Crippen LogP contribution is 2.31. The highest BCUT2D eigenvalue weighted by atomic mass is 35.5. The highest BCUT2D eigenvalue weighted by molar-refractivity contribution is 6.31. The van der Waals surface area contributed by atoms with Gasteiger partial charge in [0.05, 0.1) is 18.5 Å². The van der Waals surface area contributed by atoms with Gasteiger partial charge in [-0.3, -0.25) is 14.2 Å². The van der Waals surface area contributed by atoms with Crippen molar-refractivity contribution in [1.82, 2.24) is 4.57 Å². The second-order valence-electron chi connectivity index (χ2n) is 10.6. The van der Waals surface area contributed by atoms with Gasteiger partial charge in [-0.05, 0) is 115 Å². The van der Waals surface area contributed by atoms with Gasteiger partial charge in [0.25, 0.3) is 5.91 Å². The molecule has 41 heavy (non-hydrogen) atoms. The number of esters is 1. The van der Waals surface area contributed by atoms with Crippen LogP contribution in [0.15, 0.2) is 77.4 Å². The van der Waals surface area contributed by atoms with E-state index >= 15 is 0 Å². The largest absolute Gasteiger partial charge is 0.494 e. The smallest absolute Gasteiger partial charge is 0.310 e. The van der Waals surface area contributed by atoms with E-state index in [1.165, 1.54) is 16.7 Å². The molecule has 1 heterocycles. The Kier molecular flexibility index (Phi) is 12.0. The fraction of sp³-hybridized carbons (Fsp3) is 0.371. The molecule has 218 valence electrons. The van der Waals surface area contributed by atoms with Gasteiger partial charge in [-0.2, -0.15) is 0 Å². The van der Waals surface area contributed by atoms with Gasteiger partial charge in [-0.25, -0.2) is 0 Å². The fourth-order valence-corrected chi connectivity index (χ4v) is 4.96. The molecule has 0 saturated carbocycles. The normalized spacial score (nSPS) is 12.0. The van der Waals surface area contributed by atoms with Crippen molar-refractivity contribution in [3.05, 3.63) is 99.3 Å². The number of halogens is 1. The molecule has 0 spiro atoms. The molecule has 0 bridgehead atoms. The summed E-state index contributed by atoms with van der Waals surface area (Å²) in [6, 6.07) is 12.4. The number of aromatic nitrogens is 1.